The number of fused-ring (bicyclic) bond motifs is 1. The summed E-state index contributed by atoms with van der Waals surface area (Å²) in [6.45, 7) is 0.159. The number of benzene rings is 1. The maximum atomic E-state index is 12.1. The normalized spacial score (nSPS) is 12.3. The first-order valence-electron chi connectivity index (χ1n) is 6.68. The van der Waals surface area contributed by atoms with Gasteiger partial charge in [0.25, 0.3) is 5.91 Å². The standard InChI is InChI=1S/C16H13BrN2O2S/c17-11-5-10(6-18-7-11)16(21)19-8-14(20)13-9-22-15-4-2-1-3-12(13)15/h1-7,9,14,20H,8H2,(H,19,21). The number of hydrogen-bond acceptors (Lipinski definition) is 4. The van der Waals surface area contributed by atoms with Crippen LogP contribution >= 0.6 is 27.3 Å². The maximum Gasteiger partial charge on any atom is 0.252 e. The van der Waals surface area contributed by atoms with Crippen LogP contribution in [0.1, 0.15) is 22.0 Å². The van der Waals surface area contributed by atoms with E-state index in [-0.39, 0.29) is 12.5 Å². The lowest BCUT2D eigenvalue weighted by atomic mass is 10.1. The van der Waals surface area contributed by atoms with E-state index in [4.69, 9.17) is 0 Å². The number of aliphatic hydroxyl groups is 1. The summed E-state index contributed by atoms with van der Waals surface area (Å²) < 4.78 is 1.86. The Balaban J connectivity index is 1.70. The summed E-state index contributed by atoms with van der Waals surface area (Å²) in [6, 6.07) is 9.59. The zero-order valence-corrected chi connectivity index (χ0v) is 13.9. The number of hydrogen-bond donors (Lipinski definition) is 2. The number of carbonyl (C=O) groups excluding carboxylic acids is 1. The van der Waals surface area contributed by atoms with Crippen LogP contribution in [-0.4, -0.2) is 22.5 Å². The number of rotatable bonds is 4. The fourth-order valence-electron chi connectivity index (χ4n) is 2.19. The van der Waals surface area contributed by atoms with Crippen molar-refractivity contribution >= 4 is 43.3 Å². The van der Waals surface area contributed by atoms with E-state index >= 15 is 0 Å². The van der Waals surface area contributed by atoms with Crippen molar-refractivity contribution in [2.45, 2.75) is 6.10 Å². The SMILES string of the molecule is O=C(NCC(O)c1csc2ccccc12)c1cncc(Br)c1. The summed E-state index contributed by atoms with van der Waals surface area (Å²) in [4.78, 5) is 16.0. The number of nitrogens with one attached hydrogen (secondary N) is 1. The first kappa shape index (κ1) is 15.1. The largest absolute Gasteiger partial charge is 0.387 e. The molecular weight excluding hydrogens is 364 g/mol. The maximum absolute atomic E-state index is 12.1. The highest BCUT2D eigenvalue weighted by atomic mass is 79.9. The molecule has 1 aromatic carbocycles. The molecule has 1 atom stereocenters. The van der Waals surface area contributed by atoms with Crippen molar-refractivity contribution in [2.24, 2.45) is 0 Å². The van der Waals surface area contributed by atoms with Gasteiger partial charge in [0.1, 0.15) is 0 Å². The van der Waals surface area contributed by atoms with Gasteiger partial charge in [-0.05, 0) is 38.8 Å². The minimum Gasteiger partial charge on any atom is -0.387 e. The molecule has 0 bridgehead atoms. The summed E-state index contributed by atoms with van der Waals surface area (Å²) in [5, 5.41) is 16.0. The van der Waals surface area contributed by atoms with Crippen LogP contribution in [0.3, 0.4) is 0 Å². The van der Waals surface area contributed by atoms with E-state index in [1.165, 1.54) is 6.20 Å². The molecule has 0 spiro atoms. The van der Waals surface area contributed by atoms with Gasteiger partial charge >= 0.3 is 0 Å². The highest BCUT2D eigenvalue weighted by Gasteiger charge is 2.15. The molecule has 3 aromatic rings. The van der Waals surface area contributed by atoms with Gasteiger partial charge in [0.15, 0.2) is 0 Å². The molecule has 0 radical (unpaired) electrons. The number of aliphatic hydroxyl groups excluding tert-OH is 1. The average Bonchev–Trinajstić information content (AvgIpc) is 2.96. The molecule has 1 amide bonds. The molecule has 1 unspecified atom stereocenters. The Morgan fingerprint density at radius 3 is 3.00 bits per heavy atom. The van der Waals surface area contributed by atoms with E-state index in [0.717, 1.165) is 20.1 Å². The minimum absolute atomic E-state index is 0.159. The molecule has 2 heterocycles. The summed E-state index contributed by atoms with van der Waals surface area (Å²) in [5.74, 6) is -0.257. The van der Waals surface area contributed by atoms with Crippen LogP contribution in [0.2, 0.25) is 0 Å². The topological polar surface area (TPSA) is 62.2 Å². The summed E-state index contributed by atoms with van der Waals surface area (Å²) in [5.41, 5.74) is 1.30. The number of halogens is 1. The second-order valence-corrected chi connectivity index (χ2v) is 6.63. The third-order valence-corrected chi connectivity index (χ3v) is 4.71. The molecule has 2 N–H and O–H groups in total. The fourth-order valence-corrected chi connectivity index (χ4v) is 3.57. The Hall–Kier alpha value is -1.76. The molecule has 0 aliphatic rings. The van der Waals surface area contributed by atoms with Crippen molar-refractivity contribution in [2.75, 3.05) is 6.54 Å². The molecule has 0 aliphatic heterocycles. The lowest BCUT2D eigenvalue weighted by molar-refractivity contribution is 0.0916. The molecule has 112 valence electrons. The van der Waals surface area contributed by atoms with Crippen molar-refractivity contribution < 1.29 is 9.90 Å². The minimum atomic E-state index is -0.736. The third kappa shape index (κ3) is 3.19. The molecule has 22 heavy (non-hydrogen) atoms. The molecular formula is C16H13BrN2O2S. The number of aromatic nitrogens is 1. The molecule has 0 saturated heterocycles. The second-order valence-electron chi connectivity index (χ2n) is 4.80. The van der Waals surface area contributed by atoms with Gasteiger partial charge in [-0.3, -0.25) is 9.78 Å². The van der Waals surface area contributed by atoms with E-state index in [0.29, 0.717) is 5.56 Å². The van der Waals surface area contributed by atoms with E-state index in [1.807, 2.05) is 29.6 Å². The molecule has 0 saturated carbocycles. The van der Waals surface area contributed by atoms with Gasteiger partial charge in [-0.1, -0.05) is 18.2 Å². The van der Waals surface area contributed by atoms with Gasteiger partial charge in [0, 0.05) is 33.7 Å². The van der Waals surface area contributed by atoms with Crippen LogP contribution in [0.15, 0.2) is 52.6 Å². The van der Waals surface area contributed by atoms with Gasteiger partial charge in [0.05, 0.1) is 11.7 Å². The predicted octanol–water partition coefficient (Wildman–Crippen LogP) is 3.52. The van der Waals surface area contributed by atoms with Gasteiger partial charge in [-0.25, -0.2) is 0 Å². The number of thiophene rings is 1. The van der Waals surface area contributed by atoms with Crippen molar-refractivity contribution in [1.29, 1.82) is 0 Å². The lowest BCUT2D eigenvalue weighted by Gasteiger charge is -2.11. The van der Waals surface area contributed by atoms with E-state index in [1.54, 1.807) is 23.6 Å². The Bertz CT molecular complexity index is 819. The molecule has 0 aliphatic carbocycles. The second kappa shape index (κ2) is 6.56. The fraction of sp³-hybridized carbons (Fsp3) is 0.125. The Kier molecular flexibility index (Phi) is 4.52. The van der Waals surface area contributed by atoms with Gasteiger partial charge < -0.3 is 10.4 Å². The average molecular weight is 377 g/mol. The lowest BCUT2D eigenvalue weighted by Crippen LogP contribution is -2.28. The highest BCUT2D eigenvalue weighted by Crippen LogP contribution is 2.29. The Morgan fingerprint density at radius 2 is 2.18 bits per heavy atom. The summed E-state index contributed by atoms with van der Waals surface area (Å²) >= 11 is 4.86. The van der Waals surface area contributed by atoms with Crippen molar-refractivity contribution in [3.8, 4) is 0 Å². The van der Waals surface area contributed by atoms with Gasteiger partial charge in [-0.15, -0.1) is 11.3 Å². The smallest absolute Gasteiger partial charge is 0.252 e. The zero-order chi connectivity index (χ0) is 15.5. The van der Waals surface area contributed by atoms with Crippen molar-refractivity contribution in [3.63, 3.8) is 0 Å². The van der Waals surface area contributed by atoms with E-state index < -0.39 is 6.10 Å². The number of pyridine rings is 1. The number of carbonyl (C=O) groups is 1. The quantitative estimate of drug-likeness (QED) is 0.731. The van der Waals surface area contributed by atoms with Gasteiger partial charge in [0.2, 0.25) is 0 Å². The highest BCUT2D eigenvalue weighted by molar-refractivity contribution is 9.10. The Labute approximate surface area is 139 Å². The molecule has 0 fully saturated rings. The molecule has 2 aromatic heterocycles. The first-order chi connectivity index (χ1) is 10.6. The van der Waals surface area contributed by atoms with E-state index in [9.17, 15) is 9.90 Å². The van der Waals surface area contributed by atoms with Gasteiger partial charge in [-0.2, -0.15) is 0 Å². The first-order valence-corrected chi connectivity index (χ1v) is 8.35. The van der Waals surface area contributed by atoms with Crippen LogP contribution in [0.25, 0.3) is 10.1 Å². The van der Waals surface area contributed by atoms with Crippen molar-refractivity contribution in [1.82, 2.24) is 10.3 Å². The third-order valence-electron chi connectivity index (χ3n) is 3.29. The molecule has 3 rings (SSSR count). The monoisotopic (exact) mass is 376 g/mol. The van der Waals surface area contributed by atoms with Crippen molar-refractivity contribution in [3.05, 3.63) is 63.7 Å². The van der Waals surface area contributed by atoms with Crippen LogP contribution < -0.4 is 5.32 Å². The zero-order valence-electron chi connectivity index (χ0n) is 11.5. The van der Waals surface area contributed by atoms with E-state index in [2.05, 4.69) is 26.2 Å². The van der Waals surface area contributed by atoms with Crippen LogP contribution in [0, 0.1) is 0 Å². The summed E-state index contributed by atoms with van der Waals surface area (Å²) in [6.07, 6.45) is 2.37. The molecule has 4 nitrogen and oxygen atoms in total. The Morgan fingerprint density at radius 1 is 1.36 bits per heavy atom. The van der Waals surface area contributed by atoms with Crippen LogP contribution in [0.4, 0.5) is 0 Å². The van der Waals surface area contributed by atoms with Crippen LogP contribution in [-0.2, 0) is 0 Å². The molecule has 6 heteroatoms. The number of nitrogens with zero attached hydrogens (tertiary/aromatic N) is 1. The number of amides is 1. The predicted molar refractivity (Wildman–Crippen MR) is 91.1 cm³/mol. The summed E-state index contributed by atoms with van der Waals surface area (Å²) in [7, 11) is 0. The van der Waals surface area contributed by atoms with Crippen LogP contribution in [0.5, 0.6) is 0 Å².